The molecule has 2 N–H and O–H groups in total. The minimum atomic E-state index is 0.587. The molecule has 0 fully saturated rings. The number of anilines is 1. The van der Waals surface area contributed by atoms with E-state index in [4.69, 9.17) is 10.5 Å². The van der Waals surface area contributed by atoms with E-state index in [9.17, 15) is 0 Å². The van der Waals surface area contributed by atoms with Crippen molar-refractivity contribution in [3.05, 3.63) is 23.8 Å². The summed E-state index contributed by atoms with van der Waals surface area (Å²) >= 11 is 0. The molecule has 0 aliphatic heterocycles. The summed E-state index contributed by atoms with van der Waals surface area (Å²) < 4.78 is 7.15. The summed E-state index contributed by atoms with van der Waals surface area (Å²) in [5.74, 6) is 0.587. The summed E-state index contributed by atoms with van der Waals surface area (Å²) in [5, 5.41) is 0. The monoisotopic (exact) mass is 262 g/mol. The van der Waals surface area contributed by atoms with E-state index >= 15 is 0 Å². The number of nitrogen functional groups attached to an aromatic ring is 1. The smallest absolute Gasteiger partial charge is 0.201 e. The predicted molar refractivity (Wildman–Crippen MR) is 78.3 cm³/mol. The average Bonchev–Trinajstić information content (AvgIpc) is 2.71. The Labute approximate surface area is 114 Å². The molecule has 2 rings (SSSR count). The summed E-state index contributed by atoms with van der Waals surface area (Å²) in [6.45, 7) is 5.49. The third kappa shape index (κ3) is 3.05. The lowest BCUT2D eigenvalue weighted by Gasteiger charge is -2.17. The van der Waals surface area contributed by atoms with Crippen LogP contribution in [0.1, 0.15) is 5.56 Å². The fourth-order valence-corrected chi connectivity index (χ4v) is 2.17. The van der Waals surface area contributed by atoms with Gasteiger partial charge in [-0.1, -0.05) is 12.1 Å². The van der Waals surface area contributed by atoms with E-state index in [-0.39, 0.29) is 0 Å². The number of nitrogens with two attached hydrogens (primary N) is 1. The van der Waals surface area contributed by atoms with Gasteiger partial charge < -0.3 is 19.9 Å². The second-order valence-electron chi connectivity index (χ2n) is 4.86. The van der Waals surface area contributed by atoms with E-state index in [1.807, 2.05) is 6.07 Å². The number of aryl methyl sites for hydroxylation is 1. The van der Waals surface area contributed by atoms with Crippen molar-refractivity contribution in [2.75, 3.05) is 39.6 Å². The maximum atomic E-state index is 6.02. The summed E-state index contributed by atoms with van der Waals surface area (Å²) in [6.07, 6.45) is 0. The van der Waals surface area contributed by atoms with Crippen LogP contribution in [0.25, 0.3) is 11.0 Å². The van der Waals surface area contributed by atoms with E-state index in [1.165, 1.54) is 0 Å². The Hall–Kier alpha value is -1.59. The van der Waals surface area contributed by atoms with Crippen LogP contribution >= 0.6 is 0 Å². The molecule has 1 heterocycles. The molecular weight excluding hydrogens is 240 g/mol. The molecule has 19 heavy (non-hydrogen) atoms. The predicted octanol–water partition coefficient (Wildman–Crippen LogP) is 1.51. The fourth-order valence-electron chi connectivity index (χ4n) is 2.17. The Morgan fingerprint density at radius 2 is 2.16 bits per heavy atom. The molecule has 104 valence electrons. The van der Waals surface area contributed by atoms with Crippen molar-refractivity contribution in [3.63, 3.8) is 0 Å². The van der Waals surface area contributed by atoms with Gasteiger partial charge >= 0.3 is 0 Å². The van der Waals surface area contributed by atoms with Crippen molar-refractivity contribution < 1.29 is 4.74 Å². The zero-order valence-electron chi connectivity index (χ0n) is 11.9. The minimum Gasteiger partial charge on any atom is -0.383 e. The van der Waals surface area contributed by atoms with Gasteiger partial charge in [-0.2, -0.15) is 0 Å². The maximum absolute atomic E-state index is 6.02. The number of aromatic nitrogens is 2. The average molecular weight is 262 g/mol. The molecule has 0 saturated carbocycles. The summed E-state index contributed by atoms with van der Waals surface area (Å²) in [7, 11) is 3.80. The van der Waals surface area contributed by atoms with Crippen molar-refractivity contribution in [3.8, 4) is 0 Å². The van der Waals surface area contributed by atoms with Crippen molar-refractivity contribution in [2.45, 2.75) is 13.5 Å². The Kier molecular flexibility index (Phi) is 4.39. The highest BCUT2D eigenvalue weighted by molar-refractivity contribution is 5.81. The normalized spacial score (nSPS) is 11.6. The summed E-state index contributed by atoms with van der Waals surface area (Å²) in [4.78, 5) is 6.68. The lowest BCUT2D eigenvalue weighted by Crippen LogP contribution is -2.27. The number of benzene rings is 1. The number of rotatable bonds is 6. The second kappa shape index (κ2) is 6.04. The molecule has 1 aromatic heterocycles. The summed E-state index contributed by atoms with van der Waals surface area (Å²) in [6, 6.07) is 6.18. The number of fused-ring (bicyclic) bond motifs is 1. The van der Waals surface area contributed by atoms with Gasteiger partial charge in [0.2, 0.25) is 5.95 Å². The molecule has 0 amide bonds. The number of hydrogen-bond acceptors (Lipinski definition) is 4. The molecule has 2 aromatic rings. The van der Waals surface area contributed by atoms with Crippen LogP contribution in [-0.2, 0) is 11.3 Å². The molecular formula is C14H22N4O. The third-order valence-corrected chi connectivity index (χ3v) is 3.39. The first-order valence-electron chi connectivity index (χ1n) is 6.52. The molecule has 0 aliphatic carbocycles. The van der Waals surface area contributed by atoms with Crippen LogP contribution in [0, 0.1) is 6.92 Å². The van der Waals surface area contributed by atoms with Crippen molar-refractivity contribution in [1.82, 2.24) is 14.5 Å². The highest BCUT2D eigenvalue weighted by atomic mass is 16.5. The molecule has 0 unspecified atom stereocenters. The van der Waals surface area contributed by atoms with Gasteiger partial charge in [0.1, 0.15) is 0 Å². The number of likely N-dealkylation sites (N-methyl/N-ethyl adjacent to an activating group) is 1. The van der Waals surface area contributed by atoms with E-state index in [0.29, 0.717) is 5.95 Å². The molecule has 0 aliphatic rings. The van der Waals surface area contributed by atoms with Gasteiger partial charge in [0.25, 0.3) is 0 Å². The van der Waals surface area contributed by atoms with Crippen LogP contribution < -0.4 is 5.73 Å². The first-order chi connectivity index (χ1) is 9.13. The van der Waals surface area contributed by atoms with E-state index in [2.05, 4.69) is 40.6 Å². The SMILES string of the molecule is COCCN(C)CCn1c(N)nc2c(C)cccc21. The standard InChI is InChI=1S/C14H22N4O/c1-11-5-4-6-12-13(11)16-14(15)18(12)8-7-17(2)9-10-19-3/h4-6H,7-10H2,1-3H3,(H2,15,16). The number of methoxy groups -OCH3 is 1. The molecule has 0 spiro atoms. The number of hydrogen-bond donors (Lipinski definition) is 1. The zero-order chi connectivity index (χ0) is 13.8. The first kappa shape index (κ1) is 13.8. The van der Waals surface area contributed by atoms with Crippen LogP contribution in [0.3, 0.4) is 0 Å². The van der Waals surface area contributed by atoms with Crippen LogP contribution in [-0.4, -0.2) is 48.3 Å². The van der Waals surface area contributed by atoms with Crippen LogP contribution in [0.15, 0.2) is 18.2 Å². The van der Waals surface area contributed by atoms with Gasteiger partial charge in [0.05, 0.1) is 17.6 Å². The molecule has 0 atom stereocenters. The van der Waals surface area contributed by atoms with Gasteiger partial charge in [0.15, 0.2) is 0 Å². The van der Waals surface area contributed by atoms with Crippen LogP contribution in [0.5, 0.6) is 0 Å². The van der Waals surface area contributed by atoms with Gasteiger partial charge in [-0.3, -0.25) is 0 Å². The van der Waals surface area contributed by atoms with Crippen LogP contribution in [0.2, 0.25) is 0 Å². The number of imidazole rings is 1. The van der Waals surface area contributed by atoms with Gasteiger partial charge in [-0.15, -0.1) is 0 Å². The third-order valence-electron chi connectivity index (χ3n) is 3.39. The quantitative estimate of drug-likeness (QED) is 0.857. The van der Waals surface area contributed by atoms with E-state index in [1.54, 1.807) is 7.11 Å². The lowest BCUT2D eigenvalue weighted by atomic mass is 10.2. The lowest BCUT2D eigenvalue weighted by molar-refractivity contribution is 0.159. The van der Waals surface area contributed by atoms with Crippen molar-refractivity contribution in [2.24, 2.45) is 0 Å². The molecule has 5 nitrogen and oxygen atoms in total. The van der Waals surface area contributed by atoms with E-state index in [0.717, 1.165) is 42.8 Å². The zero-order valence-corrected chi connectivity index (χ0v) is 11.9. The topological polar surface area (TPSA) is 56.3 Å². The number of nitrogens with zero attached hydrogens (tertiary/aromatic N) is 3. The first-order valence-corrected chi connectivity index (χ1v) is 6.52. The van der Waals surface area contributed by atoms with Gasteiger partial charge in [-0.25, -0.2) is 4.98 Å². The maximum Gasteiger partial charge on any atom is 0.201 e. The largest absolute Gasteiger partial charge is 0.383 e. The molecule has 0 bridgehead atoms. The Bertz CT molecular complexity index is 550. The molecule has 0 saturated heterocycles. The Morgan fingerprint density at radius 3 is 2.89 bits per heavy atom. The van der Waals surface area contributed by atoms with Gasteiger partial charge in [-0.05, 0) is 25.6 Å². The fraction of sp³-hybridized carbons (Fsp3) is 0.500. The molecule has 1 aromatic carbocycles. The van der Waals surface area contributed by atoms with E-state index < -0.39 is 0 Å². The van der Waals surface area contributed by atoms with Gasteiger partial charge in [0, 0.05) is 26.7 Å². The highest BCUT2D eigenvalue weighted by Crippen LogP contribution is 2.20. The second-order valence-corrected chi connectivity index (χ2v) is 4.86. The Balaban J connectivity index is 2.12. The van der Waals surface area contributed by atoms with Crippen LogP contribution in [0.4, 0.5) is 5.95 Å². The number of ether oxygens (including phenoxy) is 1. The Morgan fingerprint density at radius 1 is 1.37 bits per heavy atom. The highest BCUT2D eigenvalue weighted by Gasteiger charge is 2.10. The molecule has 0 radical (unpaired) electrons. The minimum absolute atomic E-state index is 0.587. The van der Waals surface area contributed by atoms with Crippen molar-refractivity contribution >= 4 is 17.0 Å². The summed E-state index contributed by atoms with van der Waals surface area (Å²) in [5.41, 5.74) is 9.29. The van der Waals surface area contributed by atoms with Crippen molar-refractivity contribution in [1.29, 1.82) is 0 Å². The number of para-hydroxylation sites is 1. The molecule has 5 heteroatoms.